The van der Waals surface area contributed by atoms with Crippen LogP contribution in [0.2, 0.25) is 5.02 Å². The van der Waals surface area contributed by atoms with Crippen LogP contribution in [0, 0.1) is 5.41 Å². The molecule has 2 aromatic rings. The third-order valence-electron chi connectivity index (χ3n) is 7.84. The van der Waals surface area contributed by atoms with Gasteiger partial charge in [0.2, 0.25) is 0 Å². The fourth-order valence-corrected chi connectivity index (χ4v) is 6.60. The van der Waals surface area contributed by atoms with Gasteiger partial charge in [0.15, 0.2) is 5.69 Å². The topological polar surface area (TPSA) is 160 Å². The maximum absolute atomic E-state index is 13.5. The lowest BCUT2D eigenvalue weighted by Crippen LogP contribution is -2.62. The van der Waals surface area contributed by atoms with Crippen molar-refractivity contribution in [2.75, 3.05) is 12.8 Å². The smallest absolute Gasteiger partial charge is 0.404 e. The molecule has 3 rings (SSSR count). The van der Waals surface area contributed by atoms with Crippen molar-refractivity contribution in [2.24, 2.45) is 5.41 Å². The number of nitrogens with zero attached hydrogens (tertiary/aromatic N) is 2. The lowest BCUT2D eigenvalue weighted by molar-refractivity contribution is -0.211. The Balaban J connectivity index is 1.94. The molecular weight excluding hydrogens is 655 g/mol. The van der Waals surface area contributed by atoms with E-state index in [0.717, 1.165) is 26.2 Å². The number of hydrogen-bond acceptors (Lipinski definition) is 7. The predicted molar refractivity (Wildman–Crippen MR) is 153 cm³/mol. The van der Waals surface area contributed by atoms with Crippen LogP contribution in [0.1, 0.15) is 56.1 Å². The van der Waals surface area contributed by atoms with E-state index in [2.05, 4.69) is 20.5 Å². The molecule has 1 aliphatic carbocycles. The van der Waals surface area contributed by atoms with Crippen molar-refractivity contribution in [1.82, 2.24) is 20.4 Å². The molecular formula is C27H34ClF5N4O7S. The monoisotopic (exact) mass is 688 g/mol. The highest BCUT2D eigenvalue weighted by Crippen LogP contribution is 2.43. The Labute approximate surface area is 261 Å². The second-order valence-corrected chi connectivity index (χ2v) is 14.3. The first-order valence-corrected chi connectivity index (χ1v) is 16.0. The number of ether oxygens (including phenoxy) is 1. The number of carbonyl (C=O) groups excluding carboxylic acids is 1. The summed E-state index contributed by atoms with van der Waals surface area (Å²) in [5.41, 5.74) is -4.52. The van der Waals surface area contributed by atoms with E-state index in [-0.39, 0.29) is 47.7 Å². The lowest BCUT2D eigenvalue weighted by Gasteiger charge is -2.42. The summed E-state index contributed by atoms with van der Waals surface area (Å²) in [5, 5.41) is 27.9. The molecule has 4 N–H and O–H groups in total. The van der Waals surface area contributed by atoms with Gasteiger partial charge in [-0.2, -0.15) is 27.1 Å². The van der Waals surface area contributed by atoms with Crippen LogP contribution in [0.4, 0.5) is 26.7 Å². The number of aromatic nitrogens is 2. The highest BCUT2D eigenvalue weighted by atomic mass is 35.5. The summed E-state index contributed by atoms with van der Waals surface area (Å²) in [7, 11) is -3.55. The Kier molecular flexibility index (Phi) is 10.7. The molecule has 0 spiro atoms. The van der Waals surface area contributed by atoms with E-state index < -0.39 is 81.3 Å². The molecule has 1 heterocycles. The number of aryl methyl sites for hydroxylation is 1. The van der Waals surface area contributed by atoms with Crippen molar-refractivity contribution in [1.29, 1.82) is 0 Å². The zero-order chi connectivity index (χ0) is 34.1. The van der Waals surface area contributed by atoms with E-state index in [4.69, 9.17) is 11.6 Å². The minimum Gasteiger partial charge on any atom is -0.465 e. The van der Waals surface area contributed by atoms with Crippen molar-refractivity contribution < 1.29 is 54.9 Å². The summed E-state index contributed by atoms with van der Waals surface area (Å²) in [6.07, 6.45) is -6.05. The zero-order valence-electron chi connectivity index (χ0n) is 24.7. The van der Waals surface area contributed by atoms with E-state index in [1.807, 2.05) is 0 Å². The van der Waals surface area contributed by atoms with E-state index in [9.17, 15) is 50.2 Å². The maximum atomic E-state index is 13.5. The van der Waals surface area contributed by atoms with Gasteiger partial charge in [-0.05, 0) is 50.3 Å². The Morgan fingerprint density at radius 1 is 1.27 bits per heavy atom. The number of rotatable bonds is 11. The van der Waals surface area contributed by atoms with Gasteiger partial charge < -0.3 is 25.6 Å². The van der Waals surface area contributed by atoms with Crippen molar-refractivity contribution in [3.8, 4) is 17.0 Å². The van der Waals surface area contributed by atoms with Gasteiger partial charge in [0.25, 0.3) is 5.91 Å². The molecule has 0 aliphatic heterocycles. The summed E-state index contributed by atoms with van der Waals surface area (Å²) >= 11 is 6.52. The molecule has 0 saturated heterocycles. The predicted octanol–water partition coefficient (Wildman–Crippen LogP) is 4.65. The van der Waals surface area contributed by atoms with Crippen LogP contribution in [-0.4, -0.2) is 82.9 Å². The van der Waals surface area contributed by atoms with E-state index >= 15 is 0 Å². The highest BCUT2D eigenvalue weighted by molar-refractivity contribution is 7.91. The summed E-state index contributed by atoms with van der Waals surface area (Å²) in [6, 6.07) is 2.32. The molecule has 45 heavy (non-hydrogen) atoms. The first-order valence-electron chi connectivity index (χ1n) is 13.7. The molecule has 1 saturated carbocycles. The maximum Gasteiger partial charge on any atom is 0.404 e. The number of carboxylic acid groups (broad SMARTS) is 1. The fourth-order valence-electron chi connectivity index (χ4n) is 5.19. The Morgan fingerprint density at radius 3 is 2.44 bits per heavy atom. The number of hydrogen-bond donors (Lipinski definition) is 4. The standard InChI is InChI=1S/C27H34ClF5N4O7S/c1-5-37-21(16-7-6-14(10-17(16)44-23(29)30)12-25(2,3)27(31,32)33)19(28)20(36-37)22(38)34-13-26(41)9-8-15(45(4,42)43)11-18(26)35-24(39)40/h6-7,10,15,18,23,35,41H,5,8-9,11-13H2,1-4H3,(H,34,38)(H,39,40)/t15-,18-,26-/m1/s1. The number of amides is 2. The number of sulfone groups is 1. The molecule has 0 radical (unpaired) electrons. The molecule has 1 aromatic carbocycles. The number of benzene rings is 1. The van der Waals surface area contributed by atoms with Gasteiger partial charge >= 0.3 is 18.9 Å². The molecule has 1 fully saturated rings. The van der Waals surface area contributed by atoms with E-state index in [1.54, 1.807) is 6.92 Å². The molecule has 18 heteroatoms. The number of halogens is 6. The van der Waals surface area contributed by atoms with Crippen molar-refractivity contribution in [3.05, 3.63) is 34.5 Å². The summed E-state index contributed by atoms with van der Waals surface area (Å²) in [6.45, 7) is -0.262. The highest BCUT2D eigenvalue weighted by Gasteiger charge is 2.47. The van der Waals surface area contributed by atoms with Gasteiger partial charge in [0.1, 0.15) is 21.2 Å². The van der Waals surface area contributed by atoms with Crippen LogP contribution in [0.5, 0.6) is 5.75 Å². The molecule has 3 atom stereocenters. The van der Waals surface area contributed by atoms with Crippen molar-refractivity contribution in [3.63, 3.8) is 0 Å². The number of carbonyl (C=O) groups is 2. The Morgan fingerprint density at radius 2 is 1.91 bits per heavy atom. The largest absolute Gasteiger partial charge is 0.465 e. The normalized spacial score (nSPS) is 21.1. The van der Waals surface area contributed by atoms with Crippen LogP contribution in [0.15, 0.2) is 18.2 Å². The molecule has 2 amide bonds. The number of aliphatic hydroxyl groups is 1. The first kappa shape index (κ1) is 36.3. The summed E-state index contributed by atoms with van der Waals surface area (Å²) in [5.74, 6) is -1.43. The molecule has 252 valence electrons. The summed E-state index contributed by atoms with van der Waals surface area (Å²) in [4.78, 5) is 24.6. The third kappa shape index (κ3) is 8.35. The van der Waals surface area contributed by atoms with Gasteiger partial charge in [0, 0.05) is 24.9 Å². The van der Waals surface area contributed by atoms with Crippen LogP contribution < -0.4 is 15.4 Å². The fraction of sp³-hybridized carbons (Fsp3) is 0.593. The molecule has 1 aromatic heterocycles. The van der Waals surface area contributed by atoms with Gasteiger partial charge in [0.05, 0.1) is 27.4 Å². The van der Waals surface area contributed by atoms with Gasteiger partial charge in [-0.3, -0.25) is 9.48 Å². The first-order chi connectivity index (χ1) is 20.6. The molecule has 0 bridgehead atoms. The third-order valence-corrected chi connectivity index (χ3v) is 9.84. The average molecular weight is 689 g/mol. The molecule has 11 nitrogen and oxygen atoms in total. The summed E-state index contributed by atoms with van der Waals surface area (Å²) < 4.78 is 97.1. The Hall–Kier alpha value is -3.18. The van der Waals surface area contributed by atoms with Crippen LogP contribution in [0.25, 0.3) is 11.3 Å². The van der Waals surface area contributed by atoms with Gasteiger partial charge in [-0.25, -0.2) is 13.2 Å². The minimum atomic E-state index is -4.58. The number of nitrogens with one attached hydrogen (secondary N) is 2. The van der Waals surface area contributed by atoms with Crippen LogP contribution >= 0.6 is 11.6 Å². The molecule has 0 unspecified atom stereocenters. The zero-order valence-corrected chi connectivity index (χ0v) is 26.3. The SMILES string of the molecule is CCn1nc(C(=O)NC[C@]2(O)CC[C@@H](S(C)(=O)=O)C[C@H]2NC(=O)O)c(Cl)c1-c1ccc(CC(C)(C)C(F)(F)F)cc1OC(F)F. The van der Waals surface area contributed by atoms with Gasteiger partial charge in [-0.1, -0.05) is 31.5 Å². The van der Waals surface area contributed by atoms with Crippen LogP contribution in [-0.2, 0) is 22.8 Å². The Bertz CT molecular complexity index is 1530. The van der Waals surface area contributed by atoms with E-state index in [1.165, 1.54) is 16.8 Å². The van der Waals surface area contributed by atoms with Crippen molar-refractivity contribution in [2.45, 2.75) is 82.7 Å². The average Bonchev–Trinajstić information content (AvgIpc) is 3.22. The quantitative estimate of drug-likeness (QED) is 0.248. The number of alkyl halides is 5. The second kappa shape index (κ2) is 13.3. The minimum absolute atomic E-state index is 0.00142. The van der Waals surface area contributed by atoms with E-state index in [0.29, 0.717) is 0 Å². The second-order valence-electron chi connectivity index (χ2n) is 11.6. The lowest BCUT2D eigenvalue weighted by atomic mass is 9.80. The van der Waals surface area contributed by atoms with Gasteiger partial charge in [-0.15, -0.1) is 0 Å². The van der Waals surface area contributed by atoms with Crippen molar-refractivity contribution >= 4 is 33.4 Å². The molecule has 1 aliphatic rings. The van der Waals surface area contributed by atoms with Crippen LogP contribution in [0.3, 0.4) is 0 Å².